The summed E-state index contributed by atoms with van der Waals surface area (Å²) in [6, 6.07) is -0.586. The molecule has 1 aliphatic heterocycles. The molecule has 1 saturated heterocycles. The summed E-state index contributed by atoms with van der Waals surface area (Å²) in [6.07, 6.45) is 0. The lowest BCUT2D eigenvalue weighted by atomic mass is 10.0. The van der Waals surface area contributed by atoms with Gasteiger partial charge in [0.15, 0.2) is 12.1 Å². The Bertz CT molecular complexity index is 447. The third-order valence-electron chi connectivity index (χ3n) is 5.26. The molecule has 0 bridgehead atoms. The Labute approximate surface area is 175 Å². The summed E-state index contributed by atoms with van der Waals surface area (Å²) in [6.45, 7) is 12.6. The Morgan fingerprint density at radius 2 is 0.897 bits per heavy atom. The number of carbonyl (C=O) groups excluding carboxylic acids is 2. The Hall–Kier alpha value is -1.26. The largest absolute Gasteiger partial charge is 0.378 e. The highest BCUT2D eigenvalue weighted by atomic mass is 16.5. The van der Waals surface area contributed by atoms with Gasteiger partial charge in [0.25, 0.3) is 11.8 Å². The van der Waals surface area contributed by atoms with Crippen LogP contribution in [0, 0.1) is 11.8 Å². The summed E-state index contributed by atoms with van der Waals surface area (Å²) < 4.78 is 16.9. The normalized spacial score (nSPS) is 20.8. The van der Waals surface area contributed by atoms with Crippen LogP contribution in [0.15, 0.2) is 0 Å². The van der Waals surface area contributed by atoms with E-state index in [1.165, 1.54) is 0 Å². The first-order valence-electron chi connectivity index (χ1n) is 10.7. The molecular formula is C20H42N4O5+2. The van der Waals surface area contributed by atoms with Crippen LogP contribution in [0.25, 0.3) is 0 Å². The standard InChI is InChI=1S/C20H40N4O5/c1-15(2)17(21)19(25)23-5-9-27-10-6-24(20(26)18(22)16(3)4)8-12-29-14-13-28-11-7-23/h15-18H,5-14,21-22H2,1-4H3/p+2/t17-,18+. The lowest BCUT2D eigenvalue weighted by molar-refractivity contribution is -0.416. The molecule has 9 heteroatoms. The molecule has 0 saturated carbocycles. The fraction of sp³-hybridized carbons (Fsp3) is 0.900. The van der Waals surface area contributed by atoms with Gasteiger partial charge in [-0.25, -0.2) is 0 Å². The van der Waals surface area contributed by atoms with E-state index < -0.39 is 0 Å². The smallest absolute Gasteiger partial charge is 0.281 e. The zero-order chi connectivity index (χ0) is 21.8. The maximum atomic E-state index is 12.7. The zero-order valence-corrected chi connectivity index (χ0v) is 18.7. The predicted octanol–water partition coefficient (Wildman–Crippen LogP) is -1.76. The van der Waals surface area contributed by atoms with Crippen molar-refractivity contribution < 1.29 is 35.3 Å². The van der Waals surface area contributed by atoms with E-state index in [-0.39, 0.29) is 35.7 Å². The van der Waals surface area contributed by atoms with Crippen molar-refractivity contribution in [2.45, 2.75) is 39.8 Å². The molecule has 0 aromatic carbocycles. The minimum Gasteiger partial charge on any atom is -0.378 e. The van der Waals surface area contributed by atoms with Crippen molar-refractivity contribution in [3.05, 3.63) is 0 Å². The van der Waals surface area contributed by atoms with E-state index in [1.54, 1.807) is 9.80 Å². The van der Waals surface area contributed by atoms with Crippen LogP contribution in [0.4, 0.5) is 0 Å². The predicted molar refractivity (Wildman–Crippen MR) is 109 cm³/mol. The zero-order valence-electron chi connectivity index (χ0n) is 18.7. The molecule has 0 aliphatic carbocycles. The van der Waals surface area contributed by atoms with Crippen LogP contribution in [-0.2, 0) is 23.8 Å². The van der Waals surface area contributed by atoms with Crippen molar-refractivity contribution >= 4 is 11.8 Å². The van der Waals surface area contributed by atoms with Gasteiger partial charge >= 0.3 is 0 Å². The second kappa shape index (κ2) is 13.9. The number of quaternary nitrogens is 2. The van der Waals surface area contributed by atoms with E-state index in [9.17, 15) is 9.59 Å². The molecule has 2 atom stereocenters. The van der Waals surface area contributed by atoms with Gasteiger partial charge in [-0.2, -0.15) is 0 Å². The van der Waals surface area contributed by atoms with E-state index in [4.69, 9.17) is 14.2 Å². The summed E-state index contributed by atoms with van der Waals surface area (Å²) >= 11 is 0. The number of hydrogen-bond donors (Lipinski definition) is 2. The van der Waals surface area contributed by atoms with E-state index in [1.807, 2.05) is 27.7 Å². The van der Waals surface area contributed by atoms with Gasteiger partial charge in [-0.3, -0.25) is 9.59 Å². The lowest BCUT2D eigenvalue weighted by Gasteiger charge is -2.26. The molecule has 0 unspecified atom stereocenters. The van der Waals surface area contributed by atoms with Gasteiger partial charge in [0.2, 0.25) is 0 Å². The van der Waals surface area contributed by atoms with Gasteiger partial charge in [0.1, 0.15) is 0 Å². The Morgan fingerprint density at radius 1 is 0.621 bits per heavy atom. The van der Waals surface area contributed by atoms with Gasteiger partial charge in [-0.1, -0.05) is 27.7 Å². The highest BCUT2D eigenvalue weighted by Gasteiger charge is 2.28. The van der Waals surface area contributed by atoms with Gasteiger partial charge in [0, 0.05) is 38.0 Å². The summed E-state index contributed by atoms with van der Waals surface area (Å²) in [5.74, 6) is 0.374. The third-order valence-corrected chi connectivity index (χ3v) is 5.26. The summed E-state index contributed by atoms with van der Waals surface area (Å²) in [4.78, 5) is 28.9. The molecule has 2 amide bonds. The Balaban J connectivity index is 2.68. The number of nitrogens with zero attached hydrogens (tertiary/aromatic N) is 2. The fourth-order valence-corrected chi connectivity index (χ4v) is 2.83. The average molecular weight is 419 g/mol. The summed E-state index contributed by atoms with van der Waals surface area (Å²) in [7, 11) is 0. The summed E-state index contributed by atoms with van der Waals surface area (Å²) in [5.41, 5.74) is 8.00. The van der Waals surface area contributed by atoms with Crippen molar-refractivity contribution in [2.75, 3.05) is 65.8 Å². The monoisotopic (exact) mass is 418 g/mol. The molecule has 1 aliphatic rings. The molecule has 0 radical (unpaired) electrons. The van der Waals surface area contributed by atoms with Crippen molar-refractivity contribution in [1.82, 2.24) is 9.80 Å². The van der Waals surface area contributed by atoms with Crippen molar-refractivity contribution in [1.29, 1.82) is 0 Å². The maximum Gasteiger partial charge on any atom is 0.281 e. The van der Waals surface area contributed by atoms with Crippen LogP contribution in [0.2, 0.25) is 0 Å². The summed E-state index contributed by atoms with van der Waals surface area (Å²) in [5, 5.41) is 0. The van der Waals surface area contributed by atoms with Crippen molar-refractivity contribution in [3.8, 4) is 0 Å². The molecule has 170 valence electrons. The minimum atomic E-state index is -0.293. The van der Waals surface area contributed by atoms with E-state index in [2.05, 4.69) is 11.5 Å². The Kier molecular flexibility index (Phi) is 12.3. The second-order valence-corrected chi connectivity index (χ2v) is 8.19. The number of carbonyl (C=O) groups is 2. The highest BCUT2D eigenvalue weighted by Crippen LogP contribution is 2.04. The first-order chi connectivity index (χ1) is 13.8. The van der Waals surface area contributed by atoms with Gasteiger partial charge in [-0.15, -0.1) is 0 Å². The number of ether oxygens (including phenoxy) is 3. The minimum absolute atomic E-state index is 0.0152. The van der Waals surface area contributed by atoms with Gasteiger partial charge < -0.3 is 35.5 Å². The van der Waals surface area contributed by atoms with Crippen LogP contribution in [-0.4, -0.2) is 99.5 Å². The highest BCUT2D eigenvalue weighted by molar-refractivity contribution is 5.81. The molecule has 9 nitrogen and oxygen atoms in total. The first kappa shape index (κ1) is 25.8. The molecule has 29 heavy (non-hydrogen) atoms. The number of amides is 2. The molecule has 0 aromatic heterocycles. The number of rotatable bonds is 4. The SMILES string of the molecule is CC(C)[C@H]([NH3+])C(=O)N1CCOCCOCCN(C(=O)[C@H]([NH3+])C(C)C)CCOCC1. The van der Waals surface area contributed by atoms with E-state index in [0.29, 0.717) is 65.8 Å². The van der Waals surface area contributed by atoms with Crippen LogP contribution >= 0.6 is 0 Å². The van der Waals surface area contributed by atoms with Gasteiger partial charge in [0.05, 0.1) is 39.6 Å². The first-order valence-corrected chi connectivity index (χ1v) is 10.7. The van der Waals surface area contributed by atoms with Crippen LogP contribution in [0.5, 0.6) is 0 Å². The van der Waals surface area contributed by atoms with Crippen LogP contribution < -0.4 is 11.5 Å². The maximum absolute atomic E-state index is 12.7. The van der Waals surface area contributed by atoms with Crippen LogP contribution in [0.1, 0.15) is 27.7 Å². The van der Waals surface area contributed by atoms with Crippen molar-refractivity contribution in [3.63, 3.8) is 0 Å². The molecule has 0 aromatic rings. The van der Waals surface area contributed by atoms with E-state index >= 15 is 0 Å². The molecule has 1 rings (SSSR count). The quantitative estimate of drug-likeness (QED) is 0.560. The Morgan fingerprint density at radius 3 is 1.17 bits per heavy atom. The molecule has 1 fully saturated rings. The molecule has 6 N–H and O–H groups in total. The second-order valence-electron chi connectivity index (χ2n) is 8.19. The van der Waals surface area contributed by atoms with Crippen molar-refractivity contribution in [2.24, 2.45) is 11.8 Å². The lowest BCUT2D eigenvalue weighted by Crippen LogP contribution is -2.70. The topological polar surface area (TPSA) is 124 Å². The average Bonchev–Trinajstić information content (AvgIpc) is 2.70. The molecule has 0 spiro atoms. The third kappa shape index (κ3) is 9.39. The number of hydrogen-bond acceptors (Lipinski definition) is 5. The van der Waals surface area contributed by atoms with Crippen LogP contribution in [0.3, 0.4) is 0 Å². The fourth-order valence-electron chi connectivity index (χ4n) is 2.83. The van der Waals surface area contributed by atoms with E-state index in [0.717, 1.165) is 0 Å². The molecule has 1 heterocycles. The molecular weight excluding hydrogens is 376 g/mol. The van der Waals surface area contributed by atoms with Gasteiger partial charge in [-0.05, 0) is 0 Å².